The molecule has 2 atom stereocenters. The molecule has 0 heterocycles. The number of carbonyl (C=O) groups excluding carboxylic acids is 2. The number of amides is 2. The van der Waals surface area contributed by atoms with Crippen molar-refractivity contribution in [2.24, 2.45) is 0 Å². The molecular weight excluding hydrogens is 396 g/mol. The third kappa shape index (κ3) is 6.33. The van der Waals surface area contributed by atoms with E-state index in [1.54, 1.807) is 4.90 Å². The van der Waals surface area contributed by atoms with Crippen molar-refractivity contribution in [3.8, 4) is 0 Å². The normalized spacial score (nSPS) is 12.9. The number of aryl methyl sites for hydroxylation is 2. The van der Waals surface area contributed by atoms with E-state index in [1.807, 2.05) is 70.2 Å². The summed E-state index contributed by atoms with van der Waals surface area (Å²) in [4.78, 5) is 28.0. The fraction of sp³-hybridized carbons (Fsp3) is 0.440. The van der Waals surface area contributed by atoms with Gasteiger partial charge in [0, 0.05) is 17.6 Å². The van der Waals surface area contributed by atoms with Gasteiger partial charge >= 0.3 is 0 Å². The zero-order chi connectivity index (χ0) is 22.3. The van der Waals surface area contributed by atoms with Crippen molar-refractivity contribution >= 4 is 23.4 Å². The van der Waals surface area contributed by atoms with E-state index in [-0.39, 0.29) is 24.3 Å². The van der Waals surface area contributed by atoms with Gasteiger partial charge in [0.25, 0.3) is 0 Å². The summed E-state index contributed by atoms with van der Waals surface area (Å²) >= 11 is 6.37. The summed E-state index contributed by atoms with van der Waals surface area (Å²) in [6.07, 6.45) is 1.62. The summed E-state index contributed by atoms with van der Waals surface area (Å²) in [6, 6.07) is 13.0. The Bertz CT molecular complexity index is 881. The maximum absolute atomic E-state index is 13.4. The van der Waals surface area contributed by atoms with Gasteiger partial charge in [0.2, 0.25) is 11.8 Å². The Kier molecular flexibility index (Phi) is 8.91. The number of nitrogens with zero attached hydrogens (tertiary/aromatic N) is 1. The van der Waals surface area contributed by atoms with Gasteiger partial charge in [0.15, 0.2) is 0 Å². The Hall–Kier alpha value is -2.33. The van der Waals surface area contributed by atoms with Gasteiger partial charge in [-0.15, -0.1) is 0 Å². The highest BCUT2D eigenvalue weighted by atomic mass is 35.5. The maximum atomic E-state index is 13.4. The predicted octanol–water partition coefficient (Wildman–Crippen LogP) is 5.22. The van der Waals surface area contributed by atoms with Crippen LogP contribution in [-0.2, 0) is 22.6 Å². The molecule has 0 saturated carbocycles. The van der Waals surface area contributed by atoms with E-state index >= 15 is 0 Å². The first-order chi connectivity index (χ1) is 14.3. The highest BCUT2D eigenvalue weighted by Crippen LogP contribution is 2.21. The number of carbonyl (C=O) groups is 2. The molecule has 2 aromatic carbocycles. The van der Waals surface area contributed by atoms with Gasteiger partial charge in [-0.3, -0.25) is 9.59 Å². The number of halogens is 1. The number of hydrogen-bond acceptors (Lipinski definition) is 2. The molecule has 0 aliphatic heterocycles. The molecule has 5 heteroatoms. The summed E-state index contributed by atoms with van der Waals surface area (Å²) < 4.78 is 0. The second-order valence-electron chi connectivity index (χ2n) is 7.95. The Balaban J connectivity index is 2.33. The van der Waals surface area contributed by atoms with E-state index in [9.17, 15) is 9.59 Å². The van der Waals surface area contributed by atoms with Crippen molar-refractivity contribution in [2.75, 3.05) is 0 Å². The second kappa shape index (κ2) is 11.2. The first-order valence-electron chi connectivity index (χ1n) is 10.7. The van der Waals surface area contributed by atoms with Gasteiger partial charge in [0.1, 0.15) is 6.04 Å². The molecule has 162 valence electrons. The van der Waals surface area contributed by atoms with Gasteiger partial charge in [-0.25, -0.2) is 0 Å². The molecule has 2 aromatic rings. The van der Waals surface area contributed by atoms with Crippen molar-refractivity contribution in [1.82, 2.24) is 10.2 Å². The first-order valence-corrected chi connectivity index (χ1v) is 11.0. The number of benzene rings is 2. The van der Waals surface area contributed by atoms with Crippen LogP contribution in [0.4, 0.5) is 0 Å². The molecular formula is C25H33ClN2O2. The van der Waals surface area contributed by atoms with Crippen LogP contribution in [0.3, 0.4) is 0 Å². The zero-order valence-electron chi connectivity index (χ0n) is 18.7. The third-order valence-electron chi connectivity index (χ3n) is 5.61. The molecule has 2 amide bonds. The van der Waals surface area contributed by atoms with E-state index in [4.69, 9.17) is 11.6 Å². The smallest absolute Gasteiger partial charge is 0.243 e. The van der Waals surface area contributed by atoms with Crippen molar-refractivity contribution < 1.29 is 9.59 Å². The predicted molar refractivity (Wildman–Crippen MR) is 124 cm³/mol. The van der Waals surface area contributed by atoms with Crippen molar-refractivity contribution in [3.05, 3.63) is 69.7 Å². The van der Waals surface area contributed by atoms with E-state index in [1.165, 1.54) is 5.56 Å². The quantitative estimate of drug-likeness (QED) is 0.595. The molecule has 0 aliphatic rings. The monoisotopic (exact) mass is 428 g/mol. The molecule has 2 rings (SSSR count). The van der Waals surface area contributed by atoms with Crippen LogP contribution in [0.5, 0.6) is 0 Å². The van der Waals surface area contributed by atoms with E-state index in [2.05, 4.69) is 12.2 Å². The molecule has 1 N–H and O–H groups in total. The minimum atomic E-state index is -0.547. The van der Waals surface area contributed by atoms with Crippen LogP contribution in [0.1, 0.15) is 55.9 Å². The van der Waals surface area contributed by atoms with Gasteiger partial charge in [-0.1, -0.05) is 61.8 Å². The minimum absolute atomic E-state index is 0.0589. The molecule has 2 unspecified atom stereocenters. The van der Waals surface area contributed by atoms with Crippen LogP contribution < -0.4 is 5.32 Å². The van der Waals surface area contributed by atoms with Crippen LogP contribution >= 0.6 is 11.6 Å². The highest BCUT2D eigenvalue weighted by molar-refractivity contribution is 6.31. The molecule has 0 fully saturated rings. The molecule has 0 radical (unpaired) electrons. The number of hydrogen-bond donors (Lipinski definition) is 1. The Morgan fingerprint density at radius 1 is 1.03 bits per heavy atom. The number of nitrogens with one attached hydrogen (secondary N) is 1. The van der Waals surface area contributed by atoms with E-state index in [0.29, 0.717) is 18.0 Å². The van der Waals surface area contributed by atoms with Crippen molar-refractivity contribution in [3.63, 3.8) is 0 Å². The Labute approximate surface area is 185 Å². The average molecular weight is 429 g/mol. The summed E-state index contributed by atoms with van der Waals surface area (Å²) in [5.74, 6) is -0.198. The lowest BCUT2D eigenvalue weighted by Crippen LogP contribution is -2.51. The van der Waals surface area contributed by atoms with Gasteiger partial charge < -0.3 is 10.2 Å². The van der Waals surface area contributed by atoms with Gasteiger partial charge in [-0.05, 0) is 61.9 Å². The molecule has 0 saturated heterocycles. The SMILES string of the molecule is CCC(C)NC(=O)C(CC)N(Cc1ccccc1Cl)C(=O)Cc1ccc(C)c(C)c1. The largest absolute Gasteiger partial charge is 0.352 e. The molecule has 0 aromatic heterocycles. The lowest BCUT2D eigenvalue weighted by Gasteiger charge is -2.32. The average Bonchev–Trinajstić information content (AvgIpc) is 2.71. The summed E-state index contributed by atoms with van der Waals surface area (Å²) in [6.45, 7) is 10.3. The fourth-order valence-corrected chi connectivity index (χ4v) is 3.56. The second-order valence-corrected chi connectivity index (χ2v) is 8.36. The lowest BCUT2D eigenvalue weighted by molar-refractivity contribution is -0.141. The third-order valence-corrected chi connectivity index (χ3v) is 5.98. The maximum Gasteiger partial charge on any atom is 0.243 e. The molecule has 0 spiro atoms. The highest BCUT2D eigenvalue weighted by Gasteiger charge is 2.29. The summed E-state index contributed by atoms with van der Waals surface area (Å²) in [5.41, 5.74) is 4.13. The van der Waals surface area contributed by atoms with Gasteiger partial charge in [0.05, 0.1) is 6.42 Å². The standard InChI is InChI=1S/C25H33ClN2O2/c1-6-19(5)27-25(30)23(7-2)28(16-21-10-8-9-11-22(21)26)24(29)15-20-13-12-17(3)18(4)14-20/h8-14,19,23H,6-7,15-16H2,1-5H3,(H,27,30). The molecule has 30 heavy (non-hydrogen) atoms. The van der Waals surface area contributed by atoms with Crippen LogP contribution in [0.15, 0.2) is 42.5 Å². The van der Waals surface area contributed by atoms with Crippen LogP contribution in [0.25, 0.3) is 0 Å². The first kappa shape index (κ1) is 23.9. The minimum Gasteiger partial charge on any atom is -0.352 e. The lowest BCUT2D eigenvalue weighted by atomic mass is 10.0. The number of rotatable bonds is 9. The molecule has 0 aliphatic carbocycles. The van der Waals surface area contributed by atoms with E-state index < -0.39 is 6.04 Å². The fourth-order valence-electron chi connectivity index (χ4n) is 3.36. The van der Waals surface area contributed by atoms with Crippen LogP contribution in [-0.4, -0.2) is 28.8 Å². The molecule has 4 nitrogen and oxygen atoms in total. The zero-order valence-corrected chi connectivity index (χ0v) is 19.4. The van der Waals surface area contributed by atoms with Crippen LogP contribution in [0, 0.1) is 13.8 Å². The van der Waals surface area contributed by atoms with Gasteiger partial charge in [-0.2, -0.15) is 0 Å². The summed E-state index contributed by atoms with van der Waals surface area (Å²) in [5, 5.41) is 3.63. The van der Waals surface area contributed by atoms with Crippen LogP contribution in [0.2, 0.25) is 5.02 Å². The Morgan fingerprint density at radius 2 is 1.73 bits per heavy atom. The Morgan fingerprint density at radius 3 is 2.33 bits per heavy atom. The van der Waals surface area contributed by atoms with Crippen molar-refractivity contribution in [1.29, 1.82) is 0 Å². The summed E-state index contributed by atoms with van der Waals surface area (Å²) in [7, 11) is 0. The van der Waals surface area contributed by atoms with Crippen molar-refractivity contribution in [2.45, 2.75) is 72.5 Å². The van der Waals surface area contributed by atoms with E-state index in [0.717, 1.165) is 23.1 Å². The topological polar surface area (TPSA) is 49.4 Å². The molecule has 0 bridgehead atoms.